The number of aliphatic hydroxyl groups is 1. The highest BCUT2D eigenvalue weighted by Gasteiger charge is 2.36. The first-order valence-electron chi connectivity index (χ1n) is 17.6. The Bertz CT molecular complexity index is 1360. The number of hydrogen-bond acceptors (Lipinski definition) is 6. The summed E-state index contributed by atoms with van der Waals surface area (Å²) < 4.78 is 58.0. The summed E-state index contributed by atoms with van der Waals surface area (Å²) in [4.78, 5) is 21.9. The van der Waals surface area contributed by atoms with Crippen LogP contribution in [0.25, 0.3) is 11.3 Å². The molecule has 0 unspecified atom stereocenters. The maximum absolute atomic E-state index is 14.2. The molecule has 5 rings (SSSR count). The van der Waals surface area contributed by atoms with Crippen LogP contribution < -0.4 is 0 Å². The number of carbonyl (C=O) groups excluding carboxylic acids is 1. The van der Waals surface area contributed by atoms with E-state index in [0.29, 0.717) is 69.0 Å². The number of β-amino-alcohol motifs (C(OH)–C–C–N with tert-alkyl or cyclic N) is 1. The molecule has 2 amide bonds. The lowest BCUT2D eigenvalue weighted by Gasteiger charge is -2.37. The summed E-state index contributed by atoms with van der Waals surface area (Å²) in [6, 6.07) is 4.12. The summed E-state index contributed by atoms with van der Waals surface area (Å²) in [6.07, 6.45) is -1.09. The maximum atomic E-state index is 14.2. The Labute approximate surface area is 286 Å². The second kappa shape index (κ2) is 16.1. The molecule has 13 heteroatoms. The van der Waals surface area contributed by atoms with Crippen LogP contribution in [0.3, 0.4) is 0 Å². The lowest BCUT2D eigenvalue weighted by molar-refractivity contribution is -0.139. The first-order chi connectivity index (χ1) is 22.8. The van der Waals surface area contributed by atoms with Gasteiger partial charge in [0.15, 0.2) is 0 Å². The van der Waals surface area contributed by atoms with Crippen LogP contribution in [0.5, 0.6) is 0 Å². The highest BCUT2D eigenvalue weighted by Crippen LogP contribution is 2.40. The number of rotatable bonds is 11. The van der Waals surface area contributed by atoms with Gasteiger partial charge in [0.05, 0.1) is 30.5 Å². The van der Waals surface area contributed by atoms with E-state index < -0.39 is 24.0 Å². The van der Waals surface area contributed by atoms with Crippen molar-refractivity contribution in [1.29, 1.82) is 0 Å². The fourth-order valence-corrected chi connectivity index (χ4v) is 8.49. The Morgan fingerprint density at radius 3 is 2.33 bits per heavy atom. The summed E-state index contributed by atoms with van der Waals surface area (Å²) in [7, 11) is 0. The van der Waals surface area contributed by atoms with Crippen LogP contribution in [-0.2, 0) is 25.7 Å². The van der Waals surface area contributed by atoms with Gasteiger partial charge in [-0.15, -0.1) is 11.8 Å². The zero-order valence-electron chi connectivity index (χ0n) is 28.8. The second-order valence-corrected chi connectivity index (χ2v) is 15.2. The number of carbonyl (C=O) groups is 1. The molecule has 4 heterocycles. The SMILES string of the molecule is CC(C)N(C(=O)N1CCc2c(c(-c3ccc(C(F)(F)F)c(SCCN4CCC(F)CC4)c3)nn2C[C@@H](O)CN2CCCCC2)C1)C(C)C. The van der Waals surface area contributed by atoms with Gasteiger partial charge in [-0.05, 0) is 78.6 Å². The fourth-order valence-electron chi connectivity index (χ4n) is 7.37. The number of aliphatic hydroxyl groups excluding tert-OH is 1. The number of urea groups is 1. The molecule has 0 bridgehead atoms. The molecular weight excluding hydrogens is 644 g/mol. The van der Waals surface area contributed by atoms with E-state index in [1.807, 2.05) is 42.2 Å². The third kappa shape index (κ3) is 9.05. The zero-order valence-corrected chi connectivity index (χ0v) is 29.6. The van der Waals surface area contributed by atoms with Gasteiger partial charge in [0.1, 0.15) is 6.17 Å². The summed E-state index contributed by atoms with van der Waals surface area (Å²) in [5.74, 6) is 0.446. The van der Waals surface area contributed by atoms with Gasteiger partial charge < -0.3 is 24.7 Å². The topological polar surface area (TPSA) is 68.1 Å². The molecule has 268 valence electrons. The van der Waals surface area contributed by atoms with Gasteiger partial charge in [-0.1, -0.05) is 12.5 Å². The van der Waals surface area contributed by atoms with Gasteiger partial charge in [0.2, 0.25) is 0 Å². The molecule has 0 spiro atoms. The number of thioether (sulfide) groups is 1. The lowest BCUT2D eigenvalue weighted by Crippen LogP contribution is -2.51. The van der Waals surface area contributed by atoms with Gasteiger partial charge in [-0.2, -0.15) is 18.3 Å². The molecule has 3 aliphatic heterocycles. The van der Waals surface area contributed by atoms with E-state index in [9.17, 15) is 27.5 Å². The van der Waals surface area contributed by atoms with E-state index >= 15 is 0 Å². The van der Waals surface area contributed by atoms with Crippen molar-refractivity contribution in [3.63, 3.8) is 0 Å². The van der Waals surface area contributed by atoms with Crippen LogP contribution in [0.1, 0.15) is 76.6 Å². The number of alkyl halides is 4. The van der Waals surface area contributed by atoms with Crippen molar-refractivity contribution in [2.75, 3.05) is 51.6 Å². The lowest BCUT2D eigenvalue weighted by atomic mass is 9.99. The van der Waals surface area contributed by atoms with E-state index in [-0.39, 0.29) is 36.1 Å². The Hall–Kier alpha value is -2.35. The quantitative estimate of drug-likeness (QED) is 0.213. The number of nitrogens with zero attached hydrogens (tertiary/aromatic N) is 6. The molecule has 2 saturated heterocycles. The smallest absolute Gasteiger partial charge is 0.390 e. The molecule has 0 radical (unpaired) electrons. The van der Waals surface area contributed by atoms with Crippen LogP contribution >= 0.6 is 11.8 Å². The summed E-state index contributed by atoms with van der Waals surface area (Å²) in [5.41, 5.74) is 2.15. The molecule has 8 nitrogen and oxygen atoms in total. The van der Waals surface area contributed by atoms with Crippen molar-refractivity contribution in [1.82, 2.24) is 29.4 Å². The minimum Gasteiger partial charge on any atom is -0.390 e. The summed E-state index contributed by atoms with van der Waals surface area (Å²) in [6.45, 7) is 13.3. The minimum absolute atomic E-state index is 0.00357. The van der Waals surface area contributed by atoms with E-state index in [4.69, 9.17) is 5.10 Å². The number of halogens is 4. The highest BCUT2D eigenvalue weighted by molar-refractivity contribution is 7.99. The zero-order chi connectivity index (χ0) is 34.6. The average molecular weight is 697 g/mol. The van der Waals surface area contributed by atoms with Gasteiger partial charge in [0.25, 0.3) is 0 Å². The molecule has 2 fully saturated rings. The van der Waals surface area contributed by atoms with Gasteiger partial charge in [0, 0.05) is 78.7 Å². The Morgan fingerprint density at radius 2 is 1.69 bits per heavy atom. The molecule has 1 aromatic carbocycles. The largest absolute Gasteiger partial charge is 0.417 e. The van der Waals surface area contributed by atoms with Crippen molar-refractivity contribution in [2.45, 2.75) is 115 Å². The minimum atomic E-state index is -4.52. The Kier molecular flexibility index (Phi) is 12.4. The van der Waals surface area contributed by atoms with E-state index in [0.717, 1.165) is 55.0 Å². The maximum Gasteiger partial charge on any atom is 0.417 e. The highest BCUT2D eigenvalue weighted by atomic mass is 32.2. The third-order valence-electron chi connectivity index (χ3n) is 9.78. The molecule has 1 atom stereocenters. The van der Waals surface area contributed by atoms with Crippen molar-refractivity contribution in [3.8, 4) is 11.3 Å². The number of hydrogen-bond donors (Lipinski definition) is 1. The first-order valence-corrected chi connectivity index (χ1v) is 18.6. The predicted octanol–water partition coefficient (Wildman–Crippen LogP) is 6.54. The molecule has 2 aromatic rings. The van der Waals surface area contributed by atoms with Gasteiger partial charge in [-0.3, -0.25) is 4.68 Å². The molecule has 3 aliphatic rings. The van der Waals surface area contributed by atoms with Crippen molar-refractivity contribution >= 4 is 17.8 Å². The number of piperidine rings is 2. The number of aromatic nitrogens is 2. The van der Waals surface area contributed by atoms with Crippen molar-refractivity contribution in [3.05, 3.63) is 35.0 Å². The number of benzene rings is 1. The van der Waals surface area contributed by atoms with Crippen LogP contribution in [0, 0.1) is 0 Å². The van der Waals surface area contributed by atoms with Crippen molar-refractivity contribution in [2.24, 2.45) is 0 Å². The Balaban J connectivity index is 1.44. The third-order valence-corrected chi connectivity index (χ3v) is 10.8. The average Bonchev–Trinajstić information content (AvgIpc) is 3.38. The molecule has 0 aliphatic carbocycles. The predicted molar refractivity (Wildman–Crippen MR) is 182 cm³/mol. The monoisotopic (exact) mass is 696 g/mol. The van der Waals surface area contributed by atoms with Crippen LogP contribution in [-0.4, -0.2) is 116 Å². The van der Waals surface area contributed by atoms with E-state index in [1.165, 1.54) is 12.5 Å². The molecule has 1 N–H and O–H groups in total. The standard InChI is InChI=1S/C35H52F4N6O2S/c1-24(2)45(25(3)4)34(47)43-17-12-31-29(23-43)33(40-44(31)22-28(46)21-42-13-6-5-7-14-42)26-8-9-30(35(37,38)39)32(20-26)48-19-18-41-15-10-27(36)11-16-41/h8-9,20,24-25,27-28,46H,5-7,10-19,21-23H2,1-4H3/t28-/m0/s1. The van der Waals surface area contributed by atoms with Gasteiger partial charge in [-0.25, -0.2) is 9.18 Å². The second-order valence-electron chi connectivity index (χ2n) is 14.1. The molecule has 1 aromatic heterocycles. The normalized spacial score (nSPS) is 19.3. The number of fused-ring (bicyclic) bond motifs is 1. The fraction of sp³-hybridized carbons (Fsp3) is 0.714. The number of amides is 2. The van der Waals surface area contributed by atoms with Crippen LogP contribution in [0.4, 0.5) is 22.4 Å². The van der Waals surface area contributed by atoms with Crippen LogP contribution in [0.15, 0.2) is 23.1 Å². The molecule has 0 saturated carbocycles. The summed E-state index contributed by atoms with van der Waals surface area (Å²) in [5, 5.41) is 16.1. The van der Waals surface area contributed by atoms with E-state index in [1.54, 1.807) is 6.07 Å². The summed E-state index contributed by atoms with van der Waals surface area (Å²) >= 11 is 1.16. The molecular formula is C35H52F4N6O2S. The first kappa shape index (κ1) is 36.9. The van der Waals surface area contributed by atoms with Crippen LogP contribution in [0.2, 0.25) is 0 Å². The number of likely N-dealkylation sites (tertiary alicyclic amines) is 2. The Morgan fingerprint density at radius 1 is 1.00 bits per heavy atom. The van der Waals surface area contributed by atoms with Gasteiger partial charge >= 0.3 is 12.2 Å². The van der Waals surface area contributed by atoms with Crippen molar-refractivity contribution < 1.29 is 27.5 Å². The van der Waals surface area contributed by atoms with E-state index in [2.05, 4.69) is 9.80 Å². The molecule has 48 heavy (non-hydrogen) atoms.